The zero-order chi connectivity index (χ0) is 50.7. The molecule has 0 saturated heterocycles. The number of hydrogen-bond acceptors (Lipinski definition) is 16. The SMILES string of the molecule is CC.CC.CC.CC.CCNc1nc(N)n(C2CCCCC2)n1.CCNc1nc(N)n(C2CCCCC2)n1.CCNc1nc(N)nn1C1CCCCC1.CCNc1nc(N)nn1C1CCCCC1. The van der Waals surface area contributed by atoms with Crippen molar-refractivity contribution < 1.29 is 0 Å². The van der Waals surface area contributed by atoms with Gasteiger partial charge in [-0.3, -0.25) is 0 Å². The molecule has 392 valence electrons. The van der Waals surface area contributed by atoms with Crippen LogP contribution in [-0.2, 0) is 0 Å². The standard InChI is InChI=1S/4C10H19N5.4C2H6/c2*1-2-12-10-13-9(11)15(14-10)8-6-4-3-5-7-8;2*1-2-12-10-13-9(11)14-15(10)8-6-4-3-5-7-8;4*1-2/h4*8H,2-7H2,1H3,(H3,11,12,13,14);4*1-2H3. The number of nitrogen functional groups attached to an aromatic ring is 4. The van der Waals surface area contributed by atoms with Gasteiger partial charge >= 0.3 is 0 Å². The molecule has 4 fully saturated rings. The molecule has 12 N–H and O–H groups in total. The number of aromatic nitrogens is 12. The Morgan fingerprint density at radius 3 is 0.853 bits per heavy atom. The van der Waals surface area contributed by atoms with Gasteiger partial charge < -0.3 is 44.2 Å². The minimum Gasteiger partial charge on any atom is -0.368 e. The lowest BCUT2D eigenvalue weighted by molar-refractivity contribution is 0.332. The second kappa shape index (κ2) is 36.9. The Balaban J connectivity index is 0.000000431. The Labute approximate surface area is 411 Å². The van der Waals surface area contributed by atoms with Gasteiger partial charge in [0.1, 0.15) is 0 Å². The Morgan fingerprint density at radius 2 is 0.603 bits per heavy atom. The maximum absolute atomic E-state index is 5.85. The highest BCUT2D eigenvalue weighted by Gasteiger charge is 2.23. The summed E-state index contributed by atoms with van der Waals surface area (Å²) in [6.07, 6.45) is 25.1. The molecule has 4 saturated carbocycles. The van der Waals surface area contributed by atoms with E-state index in [9.17, 15) is 0 Å². The molecular weight excluding hydrogens is 857 g/mol. The van der Waals surface area contributed by atoms with Gasteiger partial charge in [-0.15, -0.1) is 20.4 Å². The molecule has 4 aliphatic rings. The van der Waals surface area contributed by atoms with Gasteiger partial charge in [-0.1, -0.05) is 132 Å². The van der Waals surface area contributed by atoms with E-state index in [0.717, 1.165) is 38.1 Å². The first-order chi connectivity index (χ1) is 33.2. The van der Waals surface area contributed by atoms with Gasteiger partial charge in [0.05, 0.1) is 24.2 Å². The van der Waals surface area contributed by atoms with Crippen LogP contribution in [0.2, 0.25) is 0 Å². The zero-order valence-corrected chi connectivity index (χ0v) is 45.0. The lowest BCUT2D eigenvalue weighted by Crippen LogP contribution is -2.17. The maximum Gasteiger partial charge on any atom is 0.243 e. The van der Waals surface area contributed by atoms with Crippen LogP contribution in [0.4, 0.5) is 47.6 Å². The predicted molar refractivity (Wildman–Crippen MR) is 288 cm³/mol. The average molecular weight is 957 g/mol. The summed E-state index contributed by atoms with van der Waals surface area (Å²) in [5, 5.41) is 29.9. The van der Waals surface area contributed by atoms with Gasteiger partial charge in [0.15, 0.2) is 0 Å². The molecule has 0 atom stereocenters. The molecule has 20 heteroatoms. The van der Waals surface area contributed by atoms with E-state index in [2.05, 4.69) is 75.4 Å². The smallest absolute Gasteiger partial charge is 0.243 e. The normalized spacial score (nSPS) is 16.2. The first kappa shape index (κ1) is 61.0. The Bertz CT molecular complexity index is 1640. The summed E-state index contributed by atoms with van der Waals surface area (Å²) in [4.78, 5) is 16.8. The molecule has 20 nitrogen and oxygen atoms in total. The van der Waals surface area contributed by atoms with Crippen LogP contribution in [0, 0.1) is 0 Å². The first-order valence-electron chi connectivity index (χ1n) is 27.1. The summed E-state index contributed by atoms with van der Waals surface area (Å²) >= 11 is 0. The molecule has 0 unspecified atom stereocenters. The number of hydrogen-bond donors (Lipinski definition) is 8. The first-order valence-corrected chi connectivity index (χ1v) is 27.1. The van der Waals surface area contributed by atoms with E-state index in [4.69, 9.17) is 22.9 Å². The third-order valence-corrected chi connectivity index (χ3v) is 11.6. The Kier molecular flexibility index (Phi) is 33.1. The zero-order valence-electron chi connectivity index (χ0n) is 45.0. The molecule has 68 heavy (non-hydrogen) atoms. The summed E-state index contributed by atoms with van der Waals surface area (Å²) in [6, 6.07) is 1.88. The number of nitrogens with zero attached hydrogens (tertiary/aromatic N) is 12. The topological polar surface area (TPSA) is 275 Å². The molecule has 0 radical (unpaired) electrons. The van der Waals surface area contributed by atoms with Crippen LogP contribution < -0.4 is 44.2 Å². The summed E-state index contributed by atoms with van der Waals surface area (Å²) in [6.45, 7) is 27.5. The lowest BCUT2D eigenvalue weighted by atomic mass is 9.96. The van der Waals surface area contributed by atoms with Gasteiger partial charge in [0, 0.05) is 26.2 Å². The van der Waals surface area contributed by atoms with Crippen molar-refractivity contribution in [3.63, 3.8) is 0 Å². The molecule has 0 amide bonds. The molecule has 4 heterocycles. The highest BCUT2D eigenvalue weighted by Crippen LogP contribution is 2.32. The van der Waals surface area contributed by atoms with E-state index < -0.39 is 0 Å². The lowest BCUT2D eigenvalue weighted by Gasteiger charge is -2.22. The molecule has 0 bridgehead atoms. The Morgan fingerprint density at radius 1 is 0.353 bits per heavy atom. The van der Waals surface area contributed by atoms with Crippen molar-refractivity contribution in [1.29, 1.82) is 0 Å². The van der Waals surface area contributed by atoms with Crippen LogP contribution in [0.15, 0.2) is 0 Å². The van der Waals surface area contributed by atoms with Crippen molar-refractivity contribution in [2.75, 3.05) is 70.4 Å². The molecule has 0 aliphatic heterocycles. The molecule has 4 aromatic rings. The quantitative estimate of drug-likeness (QED) is 0.0655. The van der Waals surface area contributed by atoms with Crippen molar-refractivity contribution in [2.45, 2.75) is 236 Å². The summed E-state index contributed by atoms with van der Waals surface area (Å²) in [5.41, 5.74) is 23.0. The van der Waals surface area contributed by atoms with E-state index in [1.54, 1.807) is 0 Å². The van der Waals surface area contributed by atoms with Crippen LogP contribution in [0.25, 0.3) is 0 Å². The van der Waals surface area contributed by atoms with Gasteiger partial charge in [-0.2, -0.15) is 19.9 Å². The fourth-order valence-corrected chi connectivity index (χ4v) is 8.72. The van der Waals surface area contributed by atoms with E-state index in [-0.39, 0.29) is 0 Å². The second-order valence-corrected chi connectivity index (χ2v) is 16.2. The number of rotatable bonds is 12. The van der Waals surface area contributed by atoms with E-state index in [0.29, 0.717) is 59.9 Å². The van der Waals surface area contributed by atoms with Crippen LogP contribution in [0.3, 0.4) is 0 Å². The van der Waals surface area contributed by atoms with Gasteiger partial charge in [0.25, 0.3) is 0 Å². The molecule has 0 spiro atoms. The molecule has 0 aromatic carbocycles. The van der Waals surface area contributed by atoms with E-state index >= 15 is 0 Å². The van der Waals surface area contributed by atoms with E-state index in [1.165, 1.54) is 128 Å². The number of nitrogens with two attached hydrogens (primary N) is 4. The second-order valence-electron chi connectivity index (χ2n) is 16.2. The van der Waals surface area contributed by atoms with Crippen molar-refractivity contribution in [1.82, 2.24) is 59.1 Å². The largest absolute Gasteiger partial charge is 0.368 e. The third-order valence-electron chi connectivity index (χ3n) is 11.6. The predicted octanol–water partition coefficient (Wildman–Crippen LogP) is 11.3. The van der Waals surface area contributed by atoms with Crippen molar-refractivity contribution >= 4 is 47.6 Å². The summed E-state index contributed by atoms with van der Waals surface area (Å²) in [7, 11) is 0. The highest BCUT2D eigenvalue weighted by atomic mass is 15.5. The monoisotopic (exact) mass is 957 g/mol. The minimum absolute atomic E-state index is 0.372. The summed E-state index contributed by atoms with van der Waals surface area (Å²) < 4.78 is 7.71. The van der Waals surface area contributed by atoms with E-state index in [1.807, 2.05) is 88.0 Å². The Hall–Kier alpha value is -5.04. The van der Waals surface area contributed by atoms with Gasteiger partial charge in [-0.05, 0) is 79.1 Å². The van der Waals surface area contributed by atoms with Crippen LogP contribution in [0.5, 0.6) is 0 Å². The van der Waals surface area contributed by atoms with Gasteiger partial charge in [-0.25, -0.2) is 18.7 Å². The van der Waals surface area contributed by atoms with Crippen molar-refractivity contribution in [3.8, 4) is 0 Å². The summed E-state index contributed by atoms with van der Waals surface area (Å²) in [5.74, 6) is 4.77. The fraction of sp³-hybridized carbons (Fsp3) is 0.833. The van der Waals surface area contributed by atoms with Crippen molar-refractivity contribution in [3.05, 3.63) is 0 Å². The molecule has 8 rings (SSSR count). The maximum atomic E-state index is 5.85. The third kappa shape index (κ3) is 20.7. The highest BCUT2D eigenvalue weighted by molar-refractivity contribution is 5.34. The molecule has 4 aliphatic carbocycles. The number of anilines is 8. The van der Waals surface area contributed by atoms with Gasteiger partial charge in [0.2, 0.25) is 47.6 Å². The van der Waals surface area contributed by atoms with Crippen LogP contribution >= 0.6 is 0 Å². The van der Waals surface area contributed by atoms with Crippen molar-refractivity contribution in [2.24, 2.45) is 0 Å². The molecule has 4 aromatic heterocycles. The number of nitrogens with one attached hydrogen (secondary N) is 4. The minimum atomic E-state index is 0.372. The fourth-order valence-electron chi connectivity index (χ4n) is 8.72. The molecular formula is C48H100N20. The average Bonchev–Trinajstić information content (AvgIpc) is 4.18. The van der Waals surface area contributed by atoms with Crippen LogP contribution in [0.1, 0.15) is 236 Å². The van der Waals surface area contributed by atoms with Crippen LogP contribution in [-0.4, -0.2) is 85.2 Å².